The van der Waals surface area contributed by atoms with Gasteiger partial charge in [0, 0.05) is 6.20 Å². The minimum atomic E-state index is 0.544. The smallest absolute Gasteiger partial charge is 0.183 e. The summed E-state index contributed by atoms with van der Waals surface area (Å²) < 4.78 is 1.37. The summed E-state index contributed by atoms with van der Waals surface area (Å²) in [5.74, 6) is 5.32. The molecule has 44 valence electrons. The van der Waals surface area contributed by atoms with Crippen molar-refractivity contribution in [1.29, 1.82) is 0 Å². The van der Waals surface area contributed by atoms with Gasteiger partial charge in [0.25, 0.3) is 0 Å². The number of nitrogen functional groups attached to an aromatic ring is 1. The zero-order chi connectivity index (χ0) is 6.15. The fraction of sp³-hybridized carbons (Fsp3) is 0.250. The molecule has 0 saturated carbocycles. The maximum atomic E-state index is 5.32. The van der Waals surface area contributed by atoms with Crippen molar-refractivity contribution in [3.8, 4) is 0 Å². The zero-order valence-electron chi connectivity index (χ0n) is 4.50. The molecule has 0 aliphatic carbocycles. The predicted octanol–water partition coefficient (Wildman–Crippen LogP) is 0.194. The number of nitrogens with zero attached hydrogens (tertiary/aromatic N) is 2. The summed E-state index contributed by atoms with van der Waals surface area (Å²) in [6, 6.07) is 0. The number of hydrogen-bond acceptors (Lipinski definition) is 3. The molecule has 3 nitrogen and oxygen atoms in total. The van der Waals surface area contributed by atoms with Gasteiger partial charge in [-0.15, -0.1) is 12.6 Å². The molecule has 1 rings (SSSR count). The monoisotopic (exact) mass is 129 g/mol. The van der Waals surface area contributed by atoms with Crippen molar-refractivity contribution >= 4 is 12.6 Å². The molecule has 0 fully saturated rings. The molecule has 1 aromatic heterocycles. The van der Waals surface area contributed by atoms with Crippen molar-refractivity contribution in [1.82, 2.24) is 9.66 Å². The van der Waals surface area contributed by atoms with E-state index in [9.17, 15) is 0 Å². The minimum Gasteiger partial charge on any atom is -0.337 e. The van der Waals surface area contributed by atoms with E-state index in [0.717, 1.165) is 5.69 Å². The van der Waals surface area contributed by atoms with Crippen LogP contribution in [0.25, 0.3) is 0 Å². The molecule has 1 aromatic rings. The van der Waals surface area contributed by atoms with Gasteiger partial charge in [0.2, 0.25) is 0 Å². The molecular weight excluding hydrogens is 122 g/mol. The summed E-state index contributed by atoms with van der Waals surface area (Å²) in [4.78, 5) is 3.91. The lowest BCUT2D eigenvalue weighted by Gasteiger charge is -1.87. The van der Waals surface area contributed by atoms with Gasteiger partial charge in [-0.25, -0.2) is 9.66 Å². The van der Waals surface area contributed by atoms with Crippen LogP contribution in [0.15, 0.2) is 11.4 Å². The summed E-state index contributed by atoms with van der Waals surface area (Å²) in [6.45, 7) is 1.86. The molecule has 0 bridgehead atoms. The van der Waals surface area contributed by atoms with E-state index in [2.05, 4.69) is 17.6 Å². The van der Waals surface area contributed by atoms with Gasteiger partial charge < -0.3 is 5.84 Å². The fourth-order valence-corrected chi connectivity index (χ4v) is 0.719. The standard InChI is InChI=1S/C4H7N3S/c1-3-2-7(5)4(8)6-3/h2H,5H2,1H3,(H,6,8). The second-order valence-electron chi connectivity index (χ2n) is 1.59. The number of hydrogen-bond donors (Lipinski definition) is 2. The van der Waals surface area contributed by atoms with Crippen molar-refractivity contribution < 1.29 is 0 Å². The lowest BCUT2D eigenvalue weighted by molar-refractivity contribution is 0.856. The van der Waals surface area contributed by atoms with E-state index >= 15 is 0 Å². The molecule has 8 heavy (non-hydrogen) atoms. The van der Waals surface area contributed by atoms with Crippen molar-refractivity contribution in [3.05, 3.63) is 11.9 Å². The quantitative estimate of drug-likeness (QED) is 0.388. The Bertz CT molecular complexity index is 174. The third-order valence-corrected chi connectivity index (χ3v) is 1.16. The first kappa shape index (κ1) is 5.50. The van der Waals surface area contributed by atoms with Crippen LogP contribution in [0.4, 0.5) is 0 Å². The van der Waals surface area contributed by atoms with Gasteiger partial charge in [-0.2, -0.15) is 0 Å². The van der Waals surface area contributed by atoms with Gasteiger partial charge >= 0.3 is 0 Å². The molecule has 4 heteroatoms. The maximum Gasteiger partial charge on any atom is 0.183 e. The third kappa shape index (κ3) is 0.790. The second kappa shape index (κ2) is 1.70. The van der Waals surface area contributed by atoms with E-state index in [1.54, 1.807) is 6.20 Å². The largest absolute Gasteiger partial charge is 0.337 e. The molecule has 0 radical (unpaired) electrons. The molecule has 0 atom stereocenters. The zero-order valence-corrected chi connectivity index (χ0v) is 5.39. The molecule has 1 heterocycles. The number of aromatic nitrogens is 2. The van der Waals surface area contributed by atoms with Crippen LogP contribution in [0.3, 0.4) is 0 Å². The van der Waals surface area contributed by atoms with Gasteiger partial charge in [-0.1, -0.05) is 0 Å². The molecular formula is C4H7N3S. The van der Waals surface area contributed by atoms with Crippen LogP contribution in [0.5, 0.6) is 0 Å². The van der Waals surface area contributed by atoms with Gasteiger partial charge in [-0.05, 0) is 6.92 Å². The van der Waals surface area contributed by atoms with Crippen LogP contribution in [-0.2, 0) is 0 Å². The van der Waals surface area contributed by atoms with Crippen LogP contribution in [0, 0.1) is 6.92 Å². The first-order valence-corrected chi connectivity index (χ1v) is 2.65. The van der Waals surface area contributed by atoms with Crippen LogP contribution in [0.2, 0.25) is 0 Å². The van der Waals surface area contributed by atoms with Crippen molar-refractivity contribution in [2.75, 3.05) is 5.84 Å². The highest BCUT2D eigenvalue weighted by Crippen LogP contribution is 2.00. The molecule has 2 N–H and O–H groups in total. The van der Waals surface area contributed by atoms with Crippen molar-refractivity contribution in [3.63, 3.8) is 0 Å². The maximum absolute atomic E-state index is 5.32. The van der Waals surface area contributed by atoms with E-state index in [0.29, 0.717) is 5.16 Å². The fourth-order valence-electron chi connectivity index (χ4n) is 0.503. The Morgan fingerprint density at radius 2 is 2.50 bits per heavy atom. The van der Waals surface area contributed by atoms with Crippen molar-refractivity contribution in [2.45, 2.75) is 12.1 Å². The molecule has 0 amide bonds. The molecule has 0 aliphatic rings. The molecule has 0 aromatic carbocycles. The van der Waals surface area contributed by atoms with Gasteiger partial charge in [-0.3, -0.25) is 0 Å². The van der Waals surface area contributed by atoms with Gasteiger partial charge in [0.15, 0.2) is 5.16 Å². The predicted molar refractivity (Wildman–Crippen MR) is 34.4 cm³/mol. The number of nitrogens with two attached hydrogens (primary N) is 1. The van der Waals surface area contributed by atoms with Crippen LogP contribution in [-0.4, -0.2) is 9.66 Å². The Balaban J connectivity index is 3.14. The van der Waals surface area contributed by atoms with Gasteiger partial charge in [0.1, 0.15) is 0 Å². The Labute approximate surface area is 52.9 Å². The summed E-state index contributed by atoms with van der Waals surface area (Å²) in [5, 5.41) is 0.544. The summed E-state index contributed by atoms with van der Waals surface area (Å²) in [5.41, 5.74) is 0.887. The average molecular weight is 129 g/mol. The summed E-state index contributed by atoms with van der Waals surface area (Å²) in [6.07, 6.45) is 1.71. The molecule has 0 aliphatic heterocycles. The lowest BCUT2D eigenvalue weighted by Crippen LogP contribution is -2.05. The molecule has 0 spiro atoms. The Morgan fingerprint density at radius 1 is 1.88 bits per heavy atom. The topological polar surface area (TPSA) is 43.8 Å². The van der Waals surface area contributed by atoms with Crippen LogP contribution >= 0.6 is 12.6 Å². The van der Waals surface area contributed by atoms with E-state index in [1.165, 1.54) is 4.68 Å². The number of aryl methyl sites for hydroxylation is 1. The Morgan fingerprint density at radius 3 is 2.62 bits per heavy atom. The minimum absolute atomic E-state index is 0.544. The highest BCUT2D eigenvalue weighted by molar-refractivity contribution is 7.80. The summed E-state index contributed by atoms with van der Waals surface area (Å²) >= 11 is 3.95. The van der Waals surface area contributed by atoms with Crippen LogP contribution < -0.4 is 5.84 Å². The van der Waals surface area contributed by atoms with Crippen molar-refractivity contribution in [2.24, 2.45) is 0 Å². The number of thiol groups is 1. The lowest BCUT2D eigenvalue weighted by atomic mass is 10.6. The Hall–Kier alpha value is -0.640. The van der Waals surface area contributed by atoms with Gasteiger partial charge in [0.05, 0.1) is 5.69 Å². The number of rotatable bonds is 0. The van der Waals surface area contributed by atoms with E-state index in [4.69, 9.17) is 5.84 Å². The average Bonchev–Trinajstić information content (AvgIpc) is 1.85. The number of imidazole rings is 1. The van der Waals surface area contributed by atoms with Crippen LogP contribution in [0.1, 0.15) is 5.69 Å². The van der Waals surface area contributed by atoms with E-state index in [1.807, 2.05) is 6.92 Å². The van der Waals surface area contributed by atoms with E-state index in [-0.39, 0.29) is 0 Å². The normalized spacial score (nSPS) is 9.75. The SMILES string of the molecule is Cc1cn(N)c(S)n1. The van der Waals surface area contributed by atoms with E-state index < -0.39 is 0 Å². The highest BCUT2D eigenvalue weighted by Gasteiger charge is 1.93. The molecule has 0 unspecified atom stereocenters. The highest BCUT2D eigenvalue weighted by atomic mass is 32.1. The first-order valence-electron chi connectivity index (χ1n) is 2.20. The Kier molecular flexibility index (Phi) is 1.17. The first-order chi connectivity index (χ1) is 3.70. The molecule has 0 saturated heterocycles. The summed E-state index contributed by atoms with van der Waals surface area (Å²) in [7, 11) is 0. The third-order valence-electron chi connectivity index (χ3n) is 0.833. The second-order valence-corrected chi connectivity index (χ2v) is 1.99.